The molecule has 23 heavy (non-hydrogen) atoms. The second-order valence-electron chi connectivity index (χ2n) is 5.93. The molecule has 0 radical (unpaired) electrons. The summed E-state index contributed by atoms with van der Waals surface area (Å²) in [7, 11) is 0. The van der Waals surface area contributed by atoms with Crippen LogP contribution >= 0.6 is 0 Å². The molecule has 118 valence electrons. The lowest BCUT2D eigenvalue weighted by atomic mass is 10.1. The van der Waals surface area contributed by atoms with Gasteiger partial charge in [-0.3, -0.25) is 4.90 Å². The van der Waals surface area contributed by atoms with Gasteiger partial charge in [0.1, 0.15) is 5.76 Å². The molecule has 0 amide bonds. The maximum atomic E-state index is 5.26. The van der Waals surface area contributed by atoms with Gasteiger partial charge in [0.25, 0.3) is 5.89 Å². The minimum absolute atomic E-state index is 0.373. The summed E-state index contributed by atoms with van der Waals surface area (Å²) in [5.74, 6) is 1.65. The molecule has 6 nitrogen and oxygen atoms in total. The van der Waals surface area contributed by atoms with Crippen molar-refractivity contribution in [2.24, 2.45) is 0 Å². The zero-order valence-electron chi connectivity index (χ0n) is 13.0. The van der Waals surface area contributed by atoms with E-state index < -0.39 is 0 Å². The fourth-order valence-corrected chi connectivity index (χ4v) is 2.87. The van der Waals surface area contributed by atoms with Crippen LogP contribution < -0.4 is 0 Å². The van der Waals surface area contributed by atoms with E-state index >= 15 is 0 Å². The van der Waals surface area contributed by atoms with Crippen LogP contribution in [0.5, 0.6) is 0 Å². The minimum Gasteiger partial charge on any atom is -0.361 e. The van der Waals surface area contributed by atoms with Crippen LogP contribution in [0, 0.1) is 6.92 Å². The molecule has 0 atom stereocenters. The van der Waals surface area contributed by atoms with E-state index in [1.807, 2.05) is 19.1 Å². The summed E-state index contributed by atoms with van der Waals surface area (Å²) in [6.07, 6.45) is 2.62. The average Bonchev–Trinajstić information content (AvgIpc) is 3.29. The highest BCUT2D eigenvalue weighted by atomic mass is 16.5. The molecule has 2 aromatic heterocycles. The first kappa shape index (κ1) is 14.1. The van der Waals surface area contributed by atoms with Gasteiger partial charge in [-0.2, -0.15) is 4.98 Å². The maximum absolute atomic E-state index is 5.26. The quantitative estimate of drug-likeness (QED) is 0.736. The Bertz CT molecular complexity index is 785. The molecule has 1 aromatic carbocycles. The average molecular weight is 310 g/mol. The third-order valence-electron chi connectivity index (χ3n) is 4.09. The number of likely N-dealkylation sites (tertiary alicyclic amines) is 1. The van der Waals surface area contributed by atoms with Crippen LogP contribution in [0.25, 0.3) is 23.0 Å². The molecule has 0 spiro atoms. The van der Waals surface area contributed by atoms with Crippen molar-refractivity contribution in [3.63, 3.8) is 0 Å². The Hall–Kier alpha value is -2.47. The third-order valence-corrected chi connectivity index (χ3v) is 4.09. The van der Waals surface area contributed by atoms with E-state index in [1.54, 1.807) is 6.07 Å². The van der Waals surface area contributed by atoms with Crippen molar-refractivity contribution in [3.05, 3.63) is 41.7 Å². The largest absolute Gasteiger partial charge is 0.361 e. The monoisotopic (exact) mass is 310 g/mol. The Kier molecular flexibility index (Phi) is 3.67. The lowest BCUT2D eigenvalue weighted by Gasteiger charge is -2.14. The molecule has 1 saturated heterocycles. The van der Waals surface area contributed by atoms with Crippen molar-refractivity contribution in [3.8, 4) is 23.0 Å². The predicted octanol–water partition coefficient (Wildman–Crippen LogP) is 3.30. The van der Waals surface area contributed by atoms with Crippen LogP contribution in [-0.2, 0) is 6.54 Å². The summed E-state index contributed by atoms with van der Waals surface area (Å²) in [4.78, 5) is 6.87. The normalized spacial score (nSPS) is 15.3. The predicted molar refractivity (Wildman–Crippen MR) is 84.5 cm³/mol. The van der Waals surface area contributed by atoms with Crippen molar-refractivity contribution in [1.82, 2.24) is 20.2 Å². The van der Waals surface area contributed by atoms with Gasteiger partial charge in [0.15, 0.2) is 5.69 Å². The van der Waals surface area contributed by atoms with Crippen LogP contribution in [0.1, 0.15) is 24.2 Å². The van der Waals surface area contributed by atoms with E-state index in [-0.39, 0.29) is 0 Å². The van der Waals surface area contributed by atoms with Gasteiger partial charge in [-0.15, -0.1) is 0 Å². The molecule has 3 heterocycles. The number of benzene rings is 1. The number of nitrogens with zero attached hydrogens (tertiary/aromatic N) is 4. The van der Waals surface area contributed by atoms with E-state index in [1.165, 1.54) is 31.5 Å². The van der Waals surface area contributed by atoms with E-state index in [0.29, 0.717) is 23.2 Å². The first-order valence-corrected chi connectivity index (χ1v) is 7.87. The molecular weight excluding hydrogens is 292 g/mol. The van der Waals surface area contributed by atoms with E-state index in [9.17, 15) is 0 Å². The number of aromatic nitrogens is 3. The highest BCUT2D eigenvalue weighted by molar-refractivity contribution is 5.58. The highest BCUT2D eigenvalue weighted by Crippen LogP contribution is 2.22. The van der Waals surface area contributed by atoms with Gasteiger partial charge in [-0.25, -0.2) is 0 Å². The van der Waals surface area contributed by atoms with Crippen LogP contribution in [0.3, 0.4) is 0 Å². The van der Waals surface area contributed by atoms with Gasteiger partial charge in [-0.1, -0.05) is 34.6 Å². The smallest absolute Gasteiger partial charge is 0.280 e. The van der Waals surface area contributed by atoms with Gasteiger partial charge >= 0.3 is 0 Å². The van der Waals surface area contributed by atoms with Gasteiger partial charge in [0.05, 0.1) is 0 Å². The number of aryl methyl sites for hydroxylation is 1. The van der Waals surface area contributed by atoms with E-state index in [0.717, 1.165) is 12.1 Å². The Labute approximate surface area is 134 Å². The van der Waals surface area contributed by atoms with Crippen molar-refractivity contribution >= 4 is 0 Å². The van der Waals surface area contributed by atoms with Crippen LogP contribution in [0.2, 0.25) is 0 Å². The van der Waals surface area contributed by atoms with Crippen molar-refractivity contribution in [2.45, 2.75) is 26.3 Å². The molecule has 0 unspecified atom stereocenters. The van der Waals surface area contributed by atoms with Crippen LogP contribution in [0.15, 0.2) is 39.4 Å². The van der Waals surface area contributed by atoms with Crippen LogP contribution in [-0.4, -0.2) is 33.3 Å². The molecule has 0 bridgehead atoms. The summed E-state index contributed by atoms with van der Waals surface area (Å²) in [5, 5.41) is 7.91. The zero-order valence-corrected chi connectivity index (χ0v) is 13.0. The minimum atomic E-state index is 0.373. The Balaban J connectivity index is 1.50. The standard InChI is InChI=1S/C17H18N4O2/c1-12-10-15(19-22-12)17-18-16(20-23-17)14-6-4-13(5-7-14)11-21-8-2-3-9-21/h4-7,10H,2-3,8-9,11H2,1H3. The molecule has 0 N–H and O–H groups in total. The first-order valence-electron chi connectivity index (χ1n) is 7.87. The topological polar surface area (TPSA) is 68.2 Å². The fourth-order valence-electron chi connectivity index (χ4n) is 2.87. The molecule has 1 aliphatic rings. The molecule has 0 saturated carbocycles. The first-order chi connectivity index (χ1) is 11.3. The Morgan fingerprint density at radius 3 is 2.52 bits per heavy atom. The van der Waals surface area contributed by atoms with Gasteiger partial charge < -0.3 is 9.05 Å². The van der Waals surface area contributed by atoms with Crippen LogP contribution in [0.4, 0.5) is 0 Å². The van der Waals surface area contributed by atoms with Crippen molar-refractivity contribution in [1.29, 1.82) is 0 Å². The molecule has 1 aliphatic heterocycles. The summed E-state index contributed by atoms with van der Waals surface area (Å²) in [6.45, 7) is 5.24. The molecule has 3 aromatic rings. The molecule has 6 heteroatoms. The highest BCUT2D eigenvalue weighted by Gasteiger charge is 2.15. The van der Waals surface area contributed by atoms with E-state index in [4.69, 9.17) is 9.05 Å². The summed E-state index contributed by atoms with van der Waals surface area (Å²) in [6, 6.07) is 10.1. The lowest BCUT2D eigenvalue weighted by molar-refractivity contribution is 0.331. The van der Waals surface area contributed by atoms with Gasteiger partial charge in [0, 0.05) is 18.2 Å². The summed E-state index contributed by atoms with van der Waals surface area (Å²) >= 11 is 0. The van der Waals surface area contributed by atoms with Gasteiger partial charge in [-0.05, 0) is 38.4 Å². The van der Waals surface area contributed by atoms with Crippen molar-refractivity contribution in [2.75, 3.05) is 13.1 Å². The molecule has 4 rings (SSSR count). The summed E-state index contributed by atoms with van der Waals surface area (Å²) < 4.78 is 10.3. The second-order valence-corrected chi connectivity index (χ2v) is 5.93. The van der Waals surface area contributed by atoms with Crippen molar-refractivity contribution < 1.29 is 9.05 Å². The number of rotatable bonds is 4. The summed E-state index contributed by atoms with van der Waals surface area (Å²) in [5.41, 5.74) is 2.81. The second kappa shape index (κ2) is 5.96. The fraction of sp³-hybridized carbons (Fsp3) is 0.353. The number of hydrogen-bond acceptors (Lipinski definition) is 6. The Morgan fingerprint density at radius 2 is 1.83 bits per heavy atom. The number of hydrogen-bond donors (Lipinski definition) is 0. The third kappa shape index (κ3) is 3.03. The van der Waals surface area contributed by atoms with E-state index in [2.05, 4.69) is 32.3 Å². The molecule has 1 fully saturated rings. The Morgan fingerprint density at radius 1 is 1.04 bits per heavy atom. The maximum Gasteiger partial charge on any atom is 0.280 e. The molecular formula is C17H18N4O2. The van der Waals surface area contributed by atoms with Gasteiger partial charge in [0.2, 0.25) is 5.82 Å². The zero-order chi connectivity index (χ0) is 15.6. The SMILES string of the molecule is Cc1cc(-c2nc(-c3ccc(CN4CCCC4)cc3)no2)no1. The lowest BCUT2D eigenvalue weighted by Crippen LogP contribution is -2.18. The molecule has 0 aliphatic carbocycles.